The van der Waals surface area contributed by atoms with E-state index in [0.717, 1.165) is 31.4 Å². The number of anilines is 1. The fourth-order valence-corrected chi connectivity index (χ4v) is 2.61. The summed E-state index contributed by atoms with van der Waals surface area (Å²) in [7, 11) is 0. The van der Waals surface area contributed by atoms with E-state index in [1.54, 1.807) is 17.3 Å². The minimum absolute atomic E-state index is 0.137. The predicted octanol–water partition coefficient (Wildman–Crippen LogP) is 2.30. The molecule has 18 heavy (non-hydrogen) atoms. The van der Waals surface area contributed by atoms with Crippen LogP contribution in [0.1, 0.15) is 39.0 Å². The van der Waals surface area contributed by atoms with E-state index >= 15 is 0 Å². The van der Waals surface area contributed by atoms with Gasteiger partial charge < -0.3 is 5.73 Å². The standard InChI is InChI=1S/C14H21N3O/c1-11(15)17(13-7-9-16-10-8-13)14(18)12-5-3-2-4-6-12/h7-12H,2-6,15H2,1H3/t11-/m1/s1. The van der Waals surface area contributed by atoms with Crippen LogP contribution in [0, 0.1) is 5.92 Å². The first-order valence-corrected chi connectivity index (χ1v) is 6.69. The van der Waals surface area contributed by atoms with Crippen LogP contribution in [0.25, 0.3) is 0 Å². The maximum absolute atomic E-state index is 12.6. The fraction of sp³-hybridized carbons (Fsp3) is 0.571. The molecule has 1 aromatic heterocycles. The number of rotatable bonds is 3. The lowest BCUT2D eigenvalue weighted by Gasteiger charge is -2.31. The Morgan fingerprint density at radius 1 is 1.33 bits per heavy atom. The molecular weight excluding hydrogens is 226 g/mol. The summed E-state index contributed by atoms with van der Waals surface area (Å²) in [6.45, 7) is 1.85. The summed E-state index contributed by atoms with van der Waals surface area (Å²) in [5.74, 6) is 0.300. The van der Waals surface area contributed by atoms with Gasteiger partial charge >= 0.3 is 0 Å². The van der Waals surface area contributed by atoms with Crippen LogP contribution in [0.4, 0.5) is 5.69 Å². The summed E-state index contributed by atoms with van der Waals surface area (Å²) in [6, 6.07) is 3.67. The average molecular weight is 247 g/mol. The normalized spacial score (nSPS) is 18.3. The van der Waals surface area contributed by atoms with Crippen molar-refractivity contribution in [3.63, 3.8) is 0 Å². The molecule has 0 bridgehead atoms. The van der Waals surface area contributed by atoms with Crippen LogP contribution in [0.5, 0.6) is 0 Å². The molecule has 1 aromatic rings. The van der Waals surface area contributed by atoms with Gasteiger partial charge in [-0.15, -0.1) is 0 Å². The Labute approximate surface area is 108 Å². The van der Waals surface area contributed by atoms with Crippen LogP contribution in [0.15, 0.2) is 24.5 Å². The van der Waals surface area contributed by atoms with E-state index in [2.05, 4.69) is 4.98 Å². The zero-order valence-electron chi connectivity index (χ0n) is 10.9. The van der Waals surface area contributed by atoms with Crippen molar-refractivity contribution in [3.05, 3.63) is 24.5 Å². The number of hydrogen-bond donors (Lipinski definition) is 1. The number of hydrogen-bond acceptors (Lipinski definition) is 3. The molecule has 1 aliphatic carbocycles. The summed E-state index contributed by atoms with van der Waals surface area (Å²) in [5, 5.41) is 0. The minimum Gasteiger partial charge on any atom is -0.311 e. The molecule has 0 aromatic carbocycles. The van der Waals surface area contributed by atoms with Gasteiger partial charge in [-0.05, 0) is 31.9 Å². The molecule has 1 saturated carbocycles. The molecule has 1 heterocycles. The topological polar surface area (TPSA) is 59.2 Å². The van der Waals surface area contributed by atoms with Gasteiger partial charge in [-0.1, -0.05) is 19.3 Å². The molecule has 2 N–H and O–H groups in total. The highest BCUT2D eigenvalue weighted by Crippen LogP contribution is 2.27. The molecule has 0 aliphatic heterocycles. The zero-order valence-corrected chi connectivity index (χ0v) is 10.9. The quantitative estimate of drug-likeness (QED) is 0.834. The number of aromatic nitrogens is 1. The largest absolute Gasteiger partial charge is 0.311 e. The molecule has 1 amide bonds. The van der Waals surface area contributed by atoms with Gasteiger partial charge in [0, 0.05) is 24.0 Å². The molecule has 1 atom stereocenters. The van der Waals surface area contributed by atoms with Crippen molar-refractivity contribution < 1.29 is 4.79 Å². The van der Waals surface area contributed by atoms with Crippen molar-refractivity contribution in [2.45, 2.75) is 45.2 Å². The van der Waals surface area contributed by atoms with Crippen molar-refractivity contribution in [2.75, 3.05) is 4.90 Å². The van der Waals surface area contributed by atoms with Crippen LogP contribution in [0.2, 0.25) is 0 Å². The molecule has 4 heteroatoms. The maximum atomic E-state index is 12.6. The van der Waals surface area contributed by atoms with Crippen LogP contribution in [0.3, 0.4) is 0 Å². The van der Waals surface area contributed by atoms with E-state index in [1.807, 2.05) is 19.1 Å². The molecule has 0 saturated heterocycles. The fourth-order valence-electron chi connectivity index (χ4n) is 2.61. The predicted molar refractivity (Wildman–Crippen MR) is 71.9 cm³/mol. The van der Waals surface area contributed by atoms with Crippen molar-refractivity contribution in [2.24, 2.45) is 11.7 Å². The second kappa shape index (κ2) is 5.96. The van der Waals surface area contributed by atoms with Gasteiger partial charge in [-0.25, -0.2) is 0 Å². The van der Waals surface area contributed by atoms with Gasteiger partial charge in [0.25, 0.3) is 0 Å². The zero-order chi connectivity index (χ0) is 13.0. The lowest BCUT2D eigenvalue weighted by Crippen LogP contribution is -2.47. The van der Waals surface area contributed by atoms with Gasteiger partial charge in [-0.2, -0.15) is 0 Å². The summed E-state index contributed by atoms with van der Waals surface area (Å²) < 4.78 is 0. The van der Waals surface area contributed by atoms with Gasteiger partial charge in [0.15, 0.2) is 0 Å². The third-order valence-corrected chi connectivity index (χ3v) is 3.54. The molecule has 0 radical (unpaired) electrons. The van der Waals surface area contributed by atoms with Crippen LogP contribution < -0.4 is 10.6 Å². The van der Waals surface area contributed by atoms with Gasteiger partial charge in [0.2, 0.25) is 5.91 Å². The first-order chi connectivity index (χ1) is 8.70. The van der Waals surface area contributed by atoms with E-state index in [4.69, 9.17) is 5.73 Å². The minimum atomic E-state index is -0.304. The van der Waals surface area contributed by atoms with E-state index in [9.17, 15) is 4.79 Å². The summed E-state index contributed by atoms with van der Waals surface area (Å²) in [4.78, 5) is 18.3. The maximum Gasteiger partial charge on any atom is 0.231 e. The van der Waals surface area contributed by atoms with Gasteiger partial charge in [0.05, 0.1) is 6.17 Å². The third-order valence-electron chi connectivity index (χ3n) is 3.54. The monoisotopic (exact) mass is 247 g/mol. The lowest BCUT2D eigenvalue weighted by molar-refractivity contribution is -0.123. The Morgan fingerprint density at radius 2 is 1.94 bits per heavy atom. The molecule has 0 spiro atoms. The van der Waals surface area contributed by atoms with E-state index < -0.39 is 0 Å². The number of pyridine rings is 1. The molecular formula is C14H21N3O. The number of nitrogens with two attached hydrogens (primary N) is 1. The van der Waals surface area contributed by atoms with Crippen LogP contribution >= 0.6 is 0 Å². The Kier molecular flexibility index (Phi) is 4.31. The van der Waals surface area contributed by atoms with Crippen molar-refractivity contribution in [3.8, 4) is 0 Å². The molecule has 98 valence electrons. The summed E-state index contributed by atoms with van der Waals surface area (Å²) in [6.07, 6.45) is 8.62. The van der Waals surface area contributed by atoms with E-state index in [1.165, 1.54) is 6.42 Å². The van der Waals surface area contributed by atoms with Gasteiger partial charge in [0.1, 0.15) is 0 Å². The highest BCUT2D eigenvalue weighted by molar-refractivity contribution is 5.95. The van der Waals surface area contributed by atoms with Crippen molar-refractivity contribution in [1.29, 1.82) is 0 Å². The van der Waals surface area contributed by atoms with Crippen molar-refractivity contribution >= 4 is 11.6 Å². The van der Waals surface area contributed by atoms with Crippen LogP contribution in [-0.4, -0.2) is 17.1 Å². The van der Waals surface area contributed by atoms with E-state index in [0.29, 0.717) is 0 Å². The number of amides is 1. The second-order valence-corrected chi connectivity index (χ2v) is 4.99. The summed E-state index contributed by atoms with van der Waals surface area (Å²) in [5.41, 5.74) is 6.80. The molecule has 0 unspecified atom stereocenters. The number of nitrogens with zero attached hydrogens (tertiary/aromatic N) is 2. The second-order valence-electron chi connectivity index (χ2n) is 4.99. The highest BCUT2D eigenvalue weighted by Gasteiger charge is 2.28. The number of carbonyl (C=O) groups excluding carboxylic acids is 1. The Bertz CT molecular complexity index is 385. The Hall–Kier alpha value is -1.42. The Morgan fingerprint density at radius 3 is 2.50 bits per heavy atom. The smallest absolute Gasteiger partial charge is 0.231 e. The summed E-state index contributed by atoms with van der Waals surface area (Å²) >= 11 is 0. The molecule has 1 fully saturated rings. The first kappa shape index (κ1) is 13.0. The molecule has 1 aliphatic rings. The van der Waals surface area contributed by atoms with Crippen molar-refractivity contribution in [1.82, 2.24) is 4.98 Å². The number of carbonyl (C=O) groups is 1. The average Bonchev–Trinajstić information content (AvgIpc) is 2.40. The highest BCUT2D eigenvalue weighted by atomic mass is 16.2. The molecule has 2 rings (SSSR count). The van der Waals surface area contributed by atoms with Gasteiger partial charge in [-0.3, -0.25) is 14.7 Å². The van der Waals surface area contributed by atoms with Crippen LogP contribution in [-0.2, 0) is 4.79 Å². The first-order valence-electron chi connectivity index (χ1n) is 6.69. The third kappa shape index (κ3) is 2.88. The van der Waals surface area contributed by atoms with E-state index in [-0.39, 0.29) is 18.0 Å². The SMILES string of the molecule is C[C@H](N)N(C(=O)C1CCCCC1)c1ccncc1. The lowest BCUT2D eigenvalue weighted by atomic mass is 9.88. The molecule has 4 nitrogen and oxygen atoms in total. The Balaban J connectivity index is 2.17.